The van der Waals surface area contributed by atoms with Crippen molar-refractivity contribution in [3.05, 3.63) is 39.4 Å². The normalized spacial score (nSPS) is 14.2. The second-order valence-corrected chi connectivity index (χ2v) is 3.80. The van der Waals surface area contributed by atoms with Gasteiger partial charge in [0, 0.05) is 23.1 Å². The van der Waals surface area contributed by atoms with Crippen LogP contribution in [0.15, 0.2) is 18.2 Å². The van der Waals surface area contributed by atoms with Crippen molar-refractivity contribution in [2.45, 2.75) is 19.8 Å². The van der Waals surface area contributed by atoms with E-state index in [1.807, 2.05) is 6.07 Å². The topological polar surface area (TPSA) is 43.1 Å². The minimum atomic E-state index is -0.363. The van der Waals surface area contributed by atoms with E-state index in [9.17, 15) is 10.1 Å². The van der Waals surface area contributed by atoms with Gasteiger partial charge in [0.15, 0.2) is 0 Å². The quantitative estimate of drug-likeness (QED) is 0.398. The first-order chi connectivity index (χ1) is 7.16. The highest BCUT2D eigenvalue weighted by atomic mass is 16.6. The van der Waals surface area contributed by atoms with Crippen molar-refractivity contribution < 1.29 is 4.92 Å². The predicted molar refractivity (Wildman–Crippen MR) is 57.4 cm³/mol. The highest BCUT2D eigenvalue weighted by Crippen LogP contribution is 2.27. The smallest absolute Gasteiger partial charge is 0.258 e. The van der Waals surface area contributed by atoms with Crippen LogP contribution in [0.2, 0.25) is 0 Å². The van der Waals surface area contributed by atoms with Gasteiger partial charge in [-0.05, 0) is 25.8 Å². The number of hydrogen-bond donors (Lipinski definition) is 0. The number of nitrogens with zero attached hydrogens (tertiary/aromatic N) is 1. The van der Waals surface area contributed by atoms with E-state index in [1.54, 1.807) is 19.1 Å². The maximum absolute atomic E-state index is 10.7. The molecule has 0 spiro atoms. The van der Waals surface area contributed by atoms with Gasteiger partial charge in [-0.1, -0.05) is 17.9 Å². The Balaban J connectivity index is 2.30. The summed E-state index contributed by atoms with van der Waals surface area (Å²) in [6, 6.07) is 5.12. The summed E-state index contributed by atoms with van der Waals surface area (Å²) in [5.41, 5.74) is 1.56. The molecule has 1 saturated carbocycles. The van der Waals surface area contributed by atoms with Crippen molar-refractivity contribution in [2.24, 2.45) is 5.92 Å². The Bertz CT molecular complexity index is 464. The van der Waals surface area contributed by atoms with Crippen LogP contribution in [0, 0.1) is 34.8 Å². The number of nitro benzene ring substituents is 1. The summed E-state index contributed by atoms with van der Waals surface area (Å²) in [5, 5.41) is 10.7. The van der Waals surface area contributed by atoms with Crippen LogP contribution in [0.3, 0.4) is 0 Å². The number of nitro groups is 1. The van der Waals surface area contributed by atoms with Gasteiger partial charge in [0.25, 0.3) is 5.69 Å². The van der Waals surface area contributed by atoms with Crippen LogP contribution in [0.5, 0.6) is 0 Å². The zero-order valence-electron chi connectivity index (χ0n) is 8.49. The standard InChI is InChI=1S/C12H11NO2/c1-9-2-3-11(7-6-10-4-5-10)8-12(9)13(14)15/h2-3,8,10H,4-5H2,1H3. The third-order valence-electron chi connectivity index (χ3n) is 2.40. The zero-order chi connectivity index (χ0) is 10.8. The summed E-state index contributed by atoms with van der Waals surface area (Å²) in [6.07, 6.45) is 2.34. The van der Waals surface area contributed by atoms with Crippen LogP contribution in [0.4, 0.5) is 5.69 Å². The first kappa shape index (κ1) is 9.72. The Morgan fingerprint density at radius 1 is 1.47 bits per heavy atom. The van der Waals surface area contributed by atoms with Gasteiger partial charge in [0.2, 0.25) is 0 Å². The second-order valence-electron chi connectivity index (χ2n) is 3.80. The van der Waals surface area contributed by atoms with Crippen molar-refractivity contribution in [3.8, 4) is 11.8 Å². The largest absolute Gasteiger partial charge is 0.273 e. The van der Waals surface area contributed by atoms with E-state index in [0.29, 0.717) is 11.5 Å². The van der Waals surface area contributed by atoms with E-state index in [2.05, 4.69) is 11.8 Å². The van der Waals surface area contributed by atoms with E-state index < -0.39 is 0 Å². The number of hydrogen-bond acceptors (Lipinski definition) is 2. The molecule has 1 aliphatic rings. The molecule has 15 heavy (non-hydrogen) atoms. The molecule has 3 heteroatoms. The summed E-state index contributed by atoms with van der Waals surface area (Å²) in [5.74, 6) is 6.58. The fraction of sp³-hybridized carbons (Fsp3) is 0.333. The summed E-state index contributed by atoms with van der Waals surface area (Å²) in [4.78, 5) is 10.3. The molecule has 0 aromatic heterocycles. The highest BCUT2D eigenvalue weighted by molar-refractivity contribution is 5.48. The Morgan fingerprint density at radius 2 is 2.20 bits per heavy atom. The molecule has 1 aromatic carbocycles. The second kappa shape index (κ2) is 3.74. The first-order valence-corrected chi connectivity index (χ1v) is 4.93. The third-order valence-corrected chi connectivity index (χ3v) is 2.40. The molecule has 0 bridgehead atoms. The van der Waals surface area contributed by atoms with Gasteiger partial charge >= 0.3 is 0 Å². The average Bonchev–Trinajstić information content (AvgIpc) is 3.00. The van der Waals surface area contributed by atoms with Crippen LogP contribution >= 0.6 is 0 Å². The van der Waals surface area contributed by atoms with Gasteiger partial charge in [-0.2, -0.15) is 0 Å². The van der Waals surface area contributed by atoms with E-state index in [1.165, 1.54) is 12.8 Å². The van der Waals surface area contributed by atoms with Gasteiger partial charge in [-0.25, -0.2) is 0 Å². The van der Waals surface area contributed by atoms with Crippen molar-refractivity contribution in [3.63, 3.8) is 0 Å². The van der Waals surface area contributed by atoms with Gasteiger partial charge in [0.1, 0.15) is 0 Å². The number of aryl methyl sites for hydroxylation is 1. The molecular weight excluding hydrogens is 190 g/mol. The SMILES string of the molecule is Cc1ccc(C#CC2CC2)cc1[N+](=O)[O-]. The Hall–Kier alpha value is -1.82. The monoisotopic (exact) mass is 201 g/mol. The maximum atomic E-state index is 10.7. The summed E-state index contributed by atoms with van der Waals surface area (Å²) < 4.78 is 0. The molecule has 1 fully saturated rings. The molecule has 3 nitrogen and oxygen atoms in total. The Labute approximate surface area is 88.3 Å². The zero-order valence-corrected chi connectivity index (χ0v) is 8.49. The Kier molecular flexibility index (Phi) is 2.42. The van der Waals surface area contributed by atoms with Crippen LogP contribution in [-0.4, -0.2) is 4.92 Å². The molecule has 2 rings (SSSR count). The fourth-order valence-electron chi connectivity index (χ4n) is 1.30. The number of benzene rings is 1. The lowest BCUT2D eigenvalue weighted by Gasteiger charge is -1.96. The predicted octanol–water partition coefficient (Wildman–Crippen LogP) is 2.66. The van der Waals surface area contributed by atoms with E-state index in [4.69, 9.17) is 0 Å². The molecule has 0 N–H and O–H groups in total. The summed E-state index contributed by atoms with van der Waals surface area (Å²) in [6.45, 7) is 1.73. The first-order valence-electron chi connectivity index (χ1n) is 4.93. The van der Waals surface area contributed by atoms with E-state index in [-0.39, 0.29) is 10.6 Å². The summed E-state index contributed by atoms with van der Waals surface area (Å²) >= 11 is 0. The number of rotatable bonds is 1. The minimum absolute atomic E-state index is 0.151. The summed E-state index contributed by atoms with van der Waals surface area (Å²) in [7, 11) is 0. The molecule has 0 amide bonds. The van der Waals surface area contributed by atoms with Crippen LogP contribution < -0.4 is 0 Å². The van der Waals surface area contributed by atoms with E-state index in [0.717, 1.165) is 5.56 Å². The molecule has 0 aliphatic heterocycles. The van der Waals surface area contributed by atoms with Crippen molar-refractivity contribution in [1.82, 2.24) is 0 Å². The molecule has 1 aromatic rings. The molecule has 0 unspecified atom stereocenters. The molecule has 0 heterocycles. The molecule has 0 saturated heterocycles. The fourth-order valence-corrected chi connectivity index (χ4v) is 1.30. The third kappa shape index (κ3) is 2.35. The van der Waals surface area contributed by atoms with Crippen molar-refractivity contribution in [1.29, 1.82) is 0 Å². The maximum Gasteiger partial charge on any atom is 0.273 e. The average molecular weight is 201 g/mol. The van der Waals surface area contributed by atoms with Crippen LogP contribution in [0.1, 0.15) is 24.0 Å². The van der Waals surface area contributed by atoms with Crippen molar-refractivity contribution >= 4 is 5.69 Å². The minimum Gasteiger partial charge on any atom is -0.258 e. The van der Waals surface area contributed by atoms with Gasteiger partial charge in [0.05, 0.1) is 4.92 Å². The Morgan fingerprint density at radius 3 is 2.80 bits per heavy atom. The van der Waals surface area contributed by atoms with Crippen LogP contribution in [-0.2, 0) is 0 Å². The van der Waals surface area contributed by atoms with Gasteiger partial charge < -0.3 is 0 Å². The highest BCUT2D eigenvalue weighted by Gasteiger charge is 2.18. The van der Waals surface area contributed by atoms with Gasteiger partial charge in [-0.15, -0.1) is 0 Å². The molecule has 1 aliphatic carbocycles. The molecule has 76 valence electrons. The lowest BCUT2D eigenvalue weighted by atomic mass is 10.1. The lowest BCUT2D eigenvalue weighted by molar-refractivity contribution is -0.385. The van der Waals surface area contributed by atoms with Gasteiger partial charge in [-0.3, -0.25) is 10.1 Å². The van der Waals surface area contributed by atoms with E-state index >= 15 is 0 Å². The lowest BCUT2D eigenvalue weighted by Crippen LogP contribution is -1.92. The van der Waals surface area contributed by atoms with Crippen molar-refractivity contribution in [2.75, 3.05) is 0 Å². The molecular formula is C12H11NO2. The molecule has 0 atom stereocenters. The van der Waals surface area contributed by atoms with Crippen LogP contribution in [0.25, 0.3) is 0 Å². The molecule has 0 radical (unpaired) electrons.